The van der Waals surface area contributed by atoms with Gasteiger partial charge in [0.2, 0.25) is 0 Å². The van der Waals surface area contributed by atoms with Gasteiger partial charge in [0.15, 0.2) is 6.10 Å². The van der Waals surface area contributed by atoms with Crippen LogP contribution in [0.1, 0.15) is 13.8 Å². The second kappa shape index (κ2) is 3.80. The number of ether oxygens (including phenoxy) is 1. The third-order valence-corrected chi connectivity index (χ3v) is 1.92. The molecule has 0 unspecified atom stereocenters. The highest BCUT2D eigenvalue weighted by Gasteiger charge is 2.32. The number of rotatable bonds is 3. The van der Waals surface area contributed by atoms with Gasteiger partial charge in [-0.1, -0.05) is 0 Å². The Bertz CT molecular complexity index is 240. The molecule has 0 aromatic rings. The van der Waals surface area contributed by atoms with E-state index in [1.165, 1.54) is 0 Å². The van der Waals surface area contributed by atoms with Crippen LogP contribution in [0.5, 0.6) is 0 Å². The Labute approximate surface area is 68.7 Å². The molecular formula is C5H9O6P. The Morgan fingerprint density at radius 2 is 1.83 bits per heavy atom. The molecule has 1 atom stereocenters. The van der Waals surface area contributed by atoms with Gasteiger partial charge in [-0.25, -0.2) is 0 Å². The van der Waals surface area contributed by atoms with E-state index in [1.807, 2.05) is 0 Å². The quantitative estimate of drug-likeness (QED) is 0.472. The van der Waals surface area contributed by atoms with Crippen molar-refractivity contribution in [2.45, 2.75) is 20.0 Å². The van der Waals surface area contributed by atoms with Crippen molar-refractivity contribution in [3.05, 3.63) is 0 Å². The van der Waals surface area contributed by atoms with E-state index in [0.717, 1.165) is 13.8 Å². The lowest BCUT2D eigenvalue weighted by atomic mass is 10.4. The molecule has 0 saturated carbocycles. The normalized spacial score (nSPS) is 13.7. The molecule has 0 rings (SSSR count). The van der Waals surface area contributed by atoms with E-state index in [1.54, 1.807) is 0 Å². The van der Waals surface area contributed by atoms with Gasteiger partial charge in [0.1, 0.15) is 0 Å². The molecular weight excluding hydrogens is 187 g/mol. The monoisotopic (exact) mass is 196 g/mol. The Balaban J connectivity index is 4.31. The molecule has 0 fully saturated rings. The molecule has 0 aromatic heterocycles. The smallest absolute Gasteiger partial charge is 0.395 e. The van der Waals surface area contributed by atoms with E-state index in [9.17, 15) is 14.2 Å². The number of hydrogen-bond donors (Lipinski definition) is 2. The molecule has 0 saturated heterocycles. The summed E-state index contributed by atoms with van der Waals surface area (Å²) in [5, 5.41) is 0. The summed E-state index contributed by atoms with van der Waals surface area (Å²) in [7, 11) is -4.79. The van der Waals surface area contributed by atoms with Crippen molar-refractivity contribution in [3.8, 4) is 0 Å². The predicted octanol–water partition coefficient (Wildman–Crippen LogP) is -0.358. The highest BCUT2D eigenvalue weighted by atomic mass is 31.2. The maximum atomic E-state index is 10.7. The van der Waals surface area contributed by atoms with E-state index in [4.69, 9.17) is 9.79 Å². The van der Waals surface area contributed by atoms with Gasteiger partial charge in [-0.15, -0.1) is 0 Å². The van der Waals surface area contributed by atoms with Crippen molar-refractivity contribution in [3.63, 3.8) is 0 Å². The van der Waals surface area contributed by atoms with E-state index in [2.05, 4.69) is 4.74 Å². The van der Waals surface area contributed by atoms with Crippen LogP contribution in [0.15, 0.2) is 0 Å². The predicted molar refractivity (Wildman–Crippen MR) is 38.3 cm³/mol. The molecule has 0 spiro atoms. The van der Waals surface area contributed by atoms with Gasteiger partial charge in [-0.2, -0.15) is 0 Å². The zero-order valence-electron chi connectivity index (χ0n) is 6.55. The van der Waals surface area contributed by atoms with Crippen LogP contribution < -0.4 is 0 Å². The van der Waals surface area contributed by atoms with Crippen molar-refractivity contribution in [2.75, 3.05) is 0 Å². The molecule has 6 nitrogen and oxygen atoms in total. The van der Waals surface area contributed by atoms with Crippen LogP contribution in [-0.4, -0.2) is 27.4 Å². The standard InChI is InChI=1S/C5H9O6P/c1-3(11-4(2)6)5(7)12(8,9)10/h3H,1-2H3,(H2,8,9,10)/t3-/m0/s1. The average molecular weight is 196 g/mol. The van der Waals surface area contributed by atoms with Crippen molar-refractivity contribution in [1.29, 1.82) is 0 Å². The molecule has 70 valence electrons. The summed E-state index contributed by atoms with van der Waals surface area (Å²) in [6.07, 6.45) is -1.40. The second-order valence-corrected chi connectivity index (χ2v) is 3.66. The Morgan fingerprint density at radius 3 is 2.08 bits per heavy atom. The summed E-state index contributed by atoms with van der Waals surface area (Å²) in [6, 6.07) is 0. The van der Waals surface area contributed by atoms with Crippen molar-refractivity contribution in [1.82, 2.24) is 0 Å². The lowest BCUT2D eigenvalue weighted by molar-refractivity contribution is -0.149. The Morgan fingerprint density at radius 1 is 1.42 bits per heavy atom. The second-order valence-electron chi connectivity index (χ2n) is 2.13. The summed E-state index contributed by atoms with van der Waals surface area (Å²) >= 11 is 0. The van der Waals surface area contributed by atoms with Gasteiger partial charge < -0.3 is 14.5 Å². The fraction of sp³-hybridized carbons (Fsp3) is 0.600. The van der Waals surface area contributed by atoms with Gasteiger partial charge >= 0.3 is 13.6 Å². The minimum absolute atomic E-state index is 0.760. The molecule has 0 aliphatic heterocycles. The first-order valence-corrected chi connectivity index (χ1v) is 4.63. The highest BCUT2D eigenvalue weighted by molar-refractivity contribution is 7.70. The molecule has 0 aliphatic carbocycles. The van der Waals surface area contributed by atoms with Gasteiger partial charge in [0, 0.05) is 6.92 Å². The molecule has 0 bridgehead atoms. The van der Waals surface area contributed by atoms with E-state index in [-0.39, 0.29) is 0 Å². The van der Waals surface area contributed by atoms with Gasteiger partial charge in [-0.05, 0) is 6.92 Å². The zero-order chi connectivity index (χ0) is 9.94. The van der Waals surface area contributed by atoms with Gasteiger partial charge in [-0.3, -0.25) is 14.2 Å². The first kappa shape index (κ1) is 11.3. The maximum Gasteiger partial charge on any atom is 0.395 e. The van der Waals surface area contributed by atoms with Crippen molar-refractivity contribution >= 4 is 19.1 Å². The minimum Gasteiger partial charge on any atom is -0.454 e. The summed E-state index contributed by atoms with van der Waals surface area (Å²) < 4.78 is 14.6. The van der Waals surface area contributed by atoms with Crippen LogP contribution in [0.2, 0.25) is 0 Å². The third-order valence-electron chi connectivity index (χ3n) is 0.978. The molecule has 0 aromatic carbocycles. The maximum absolute atomic E-state index is 10.7. The Kier molecular flexibility index (Phi) is 3.57. The van der Waals surface area contributed by atoms with Crippen LogP contribution in [-0.2, 0) is 18.9 Å². The van der Waals surface area contributed by atoms with E-state index in [0.29, 0.717) is 0 Å². The summed E-state index contributed by atoms with van der Waals surface area (Å²) in [4.78, 5) is 37.6. The van der Waals surface area contributed by atoms with Gasteiger partial charge in [0.25, 0.3) is 5.52 Å². The van der Waals surface area contributed by atoms with Crippen LogP contribution >= 0.6 is 7.60 Å². The third kappa shape index (κ3) is 3.61. The Hall–Kier alpha value is -0.710. The van der Waals surface area contributed by atoms with Gasteiger partial charge in [0.05, 0.1) is 0 Å². The zero-order valence-corrected chi connectivity index (χ0v) is 7.45. The molecule has 2 N–H and O–H groups in total. The minimum atomic E-state index is -4.79. The molecule has 7 heteroatoms. The largest absolute Gasteiger partial charge is 0.454 e. The first-order chi connectivity index (χ1) is 5.25. The van der Waals surface area contributed by atoms with E-state index >= 15 is 0 Å². The van der Waals surface area contributed by atoms with Crippen LogP contribution in [0, 0.1) is 0 Å². The first-order valence-electron chi connectivity index (χ1n) is 3.02. The number of hydrogen-bond acceptors (Lipinski definition) is 4. The van der Waals surface area contributed by atoms with Crippen LogP contribution in [0.25, 0.3) is 0 Å². The van der Waals surface area contributed by atoms with Crippen molar-refractivity contribution < 1.29 is 28.7 Å². The van der Waals surface area contributed by atoms with Crippen molar-refractivity contribution in [2.24, 2.45) is 0 Å². The molecule has 0 radical (unpaired) electrons. The highest BCUT2D eigenvalue weighted by Crippen LogP contribution is 2.37. The van der Waals surface area contributed by atoms with E-state index < -0.39 is 25.2 Å². The topological polar surface area (TPSA) is 101 Å². The summed E-state index contributed by atoms with van der Waals surface area (Å²) in [5.41, 5.74) is -1.39. The molecule has 0 heterocycles. The lowest BCUT2D eigenvalue weighted by Gasteiger charge is -2.10. The van der Waals surface area contributed by atoms with Crippen LogP contribution in [0.4, 0.5) is 0 Å². The summed E-state index contributed by atoms with van der Waals surface area (Å²) in [6.45, 7) is 2.15. The average Bonchev–Trinajstić information content (AvgIpc) is 1.82. The number of carbonyl (C=O) groups is 2. The lowest BCUT2D eigenvalue weighted by Crippen LogP contribution is -2.22. The SMILES string of the molecule is CC(=O)O[C@@H](C)C(=O)P(=O)(O)O. The fourth-order valence-corrected chi connectivity index (χ4v) is 1.06. The molecule has 0 aliphatic rings. The van der Waals surface area contributed by atoms with Crippen LogP contribution in [0.3, 0.4) is 0 Å². The summed E-state index contributed by atoms with van der Waals surface area (Å²) in [5.74, 6) is -0.760. The number of carbonyl (C=O) groups excluding carboxylic acids is 2. The molecule has 12 heavy (non-hydrogen) atoms. The number of esters is 1. The molecule has 0 amide bonds. The fourth-order valence-electron chi connectivity index (χ4n) is 0.536.